The molecule has 2 N–H and O–H groups in total. The van der Waals surface area contributed by atoms with E-state index in [1.54, 1.807) is 12.1 Å². The maximum atomic E-state index is 11.7. The summed E-state index contributed by atoms with van der Waals surface area (Å²) >= 11 is 0. The number of aliphatic carboxylic acids is 1. The Morgan fingerprint density at radius 2 is 1.95 bits per heavy atom. The van der Waals surface area contributed by atoms with E-state index < -0.39 is 17.9 Å². The van der Waals surface area contributed by atoms with E-state index >= 15 is 0 Å². The topological polar surface area (TPSA) is 75.6 Å². The molecule has 0 aromatic heterocycles. The number of nitrogens with one attached hydrogen (secondary N) is 1. The van der Waals surface area contributed by atoms with Crippen molar-refractivity contribution in [3.05, 3.63) is 34.9 Å². The first kappa shape index (κ1) is 16.2. The van der Waals surface area contributed by atoms with Crippen molar-refractivity contribution in [1.82, 2.24) is 5.32 Å². The highest BCUT2D eigenvalue weighted by Gasteiger charge is 2.24. The summed E-state index contributed by atoms with van der Waals surface area (Å²) in [6.45, 7) is 7.23. The molecule has 1 aromatic carbocycles. The fourth-order valence-corrected chi connectivity index (χ4v) is 1.80. The molecule has 1 unspecified atom stereocenters. The number of ether oxygens (including phenoxy) is 1. The first-order valence-electron chi connectivity index (χ1n) is 6.52. The highest BCUT2D eigenvalue weighted by Crippen LogP contribution is 2.20. The Balaban J connectivity index is 2.87. The SMILES string of the molecule is Cc1cccc(C(NC(=O)COC(C)C)C(=O)O)c1C. The molecule has 110 valence electrons. The summed E-state index contributed by atoms with van der Waals surface area (Å²) in [5, 5.41) is 11.8. The van der Waals surface area contributed by atoms with E-state index in [1.807, 2.05) is 33.8 Å². The van der Waals surface area contributed by atoms with E-state index in [4.69, 9.17) is 4.74 Å². The van der Waals surface area contributed by atoms with Gasteiger partial charge in [-0.3, -0.25) is 4.79 Å². The van der Waals surface area contributed by atoms with Crippen molar-refractivity contribution < 1.29 is 19.4 Å². The van der Waals surface area contributed by atoms with Crippen molar-refractivity contribution in [2.45, 2.75) is 39.8 Å². The standard InChI is InChI=1S/C15H21NO4/c1-9(2)20-8-13(17)16-14(15(18)19)12-7-5-6-10(3)11(12)4/h5-7,9,14H,8H2,1-4H3,(H,16,17)(H,18,19). The summed E-state index contributed by atoms with van der Waals surface area (Å²) in [6.07, 6.45) is -0.0790. The summed E-state index contributed by atoms with van der Waals surface area (Å²) in [5.41, 5.74) is 2.45. The Morgan fingerprint density at radius 1 is 1.30 bits per heavy atom. The Labute approximate surface area is 118 Å². The van der Waals surface area contributed by atoms with Crippen LogP contribution in [0.5, 0.6) is 0 Å². The Morgan fingerprint density at radius 3 is 2.50 bits per heavy atom. The highest BCUT2D eigenvalue weighted by atomic mass is 16.5. The number of benzene rings is 1. The number of hydrogen-bond donors (Lipinski definition) is 2. The zero-order valence-electron chi connectivity index (χ0n) is 12.3. The van der Waals surface area contributed by atoms with Crippen molar-refractivity contribution in [2.75, 3.05) is 6.61 Å². The maximum Gasteiger partial charge on any atom is 0.330 e. The molecule has 0 spiro atoms. The van der Waals surface area contributed by atoms with Crippen LogP contribution in [0.4, 0.5) is 0 Å². The average Bonchev–Trinajstić information content (AvgIpc) is 2.37. The lowest BCUT2D eigenvalue weighted by molar-refractivity contribution is -0.143. The number of carboxylic acids is 1. The van der Waals surface area contributed by atoms with Gasteiger partial charge in [0.25, 0.3) is 0 Å². The summed E-state index contributed by atoms with van der Waals surface area (Å²) in [6, 6.07) is 4.34. The molecule has 0 heterocycles. The number of carboxylic acid groups (broad SMARTS) is 1. The molecule has 5 heteroatoms. The van der Waals surface area contributed by atoms with Crippen LogP contribution < -0.4 is 5.32 Å². The molecule has 1 rings (SSSR count). The van der Waals surface area contributed by atoms with E-state index in [2.05, 4.69) is 5.32 Å². The molecular weight excluding hydrogens is 258 g/mol. The van der Waals surface area contributed by atoms with Crippen LogP contribution in [0.3, 0.4) is 0 Å². The summed E-state index contributed by atoms with van der Waals surface area (Å²) in [7, 11) is 0. The summed E-state index contributed by atoms with van der Waals surface area (Å²) in [5.74, 6) is -1.52. The molecule has 5 nitrogen and oxygen atoms in total. The molecule has 0 saturated heterocycles. The van der Waals surface area contributed by atoms with E-state index in [-0.39, 0.29) is 12.7 Å². The van der Waals surface area contributed by atoms with Crippen LogP contribution in [0.2, 0.25) is 0 Å². The van der Waals surface area contributed by atoms with Gasteiger partial charge in [0.15, 0.2) is 6.04 Å². The van der Waals surface area contributed by atoms with Crippen LogP contribution in [-0.4, -0.2) is 29.7 Å². The molecule has 0 bridgehead atoms. The van der Waals surface area contributed by atoms with Gasteiger partial charge in [-0.15, -0.1) is 0 Å². The van der Waals surface area contributed by atoms with Crippen molar-refractivity contribution in [3.8, 4) is 0 Å². The van der Waals surface area contributed by atoms with Crippen molar-refractivity contribution >= 4 is 11.9 Å². The van der Waals surface area contributed by atoms with E-state index in [0.717, 1.165) is 11.1 Å². The number of amides is 1. The Hall–Kier alpha value is -1.88. The van der Waals surface area contributed by atoms with Gasteiger partial charge in [0.05, 0.1) is 6.10 Å². The van der Waals surface area contributed by atoms with E-state index in [1.165, 1.54) is 0 Å². The molecular formula is C15H21NO4. The zero-order valence-corrected chi connectivity index (χ0v) is 12.3. The molecule has 0 radical (unpaired) electrons. The van der Waals surface area contributed by atoms with Gasteiger partial charge in [-0.05, 0) is 44.4 Å². The third-order valence-corrected chi connectivity index (χ3v) is 3.06. The monoisotopic (exact) mass is 279 g/mol. The number of carbonyl (C=O) groups excluding carboxylic acids is 1. The molecule has 0 aliphatic rings. The molecule has 0 fully saturated rings. The predicted molar refractivity (Wildman–Crippen MR) is 75.5 cm³/mol. The zero-order chi connectivity index (χ0) is 15.3. The second kappa shape index (κ2) is 7.05. The lowest BCUT2D eigenvalue weighted by Crippen LogP contribution is -2.37. The normalized spacial score (nSPS) is 12.2. The molecule has 1 aromatic rings. The van der Waals surface area contributed by atoms with Gasteiger partial charge in [0.1, 0.15) is 6.61 Å². The largest absolute Gasteiger partial charge is 0.479 e. The highest BCUT2D eigenvalue weighted by molar-refractivity contribution is 5.85. The van der Waals surface area contributed by atoms with Crippen molar-refractivity contribution in [2.24, 2.45) is 0 Å². The fourth-order valence-electron chi connectivity index (χ4n) is 1.80. The minimum absolute atomic E-state index is 0.0790. The van der Waals surface area contributed by atoms with Crippen molar-refractivity contribution in [1.29, 1.82) is 0 Å². The van der Waals surface area contributed by atoms with Gasteiger partial charge in [0.2, 0.25) is 5.91 Å². The second-order valence-corrected chi connectivity index (χ2v) is 4.99. The quantitative estimate of drug-likeness (QED) is 0.834. The van der Waals surface area contributed by atoms with Gasteiger partial charge in [0, 0.05) is 0 Å². The lowest BCUT2D eigenvalue weighted by Gasteiger charge is -2.18. The average molecular weight is 279 g/mol. The fraction of sp³-hybridized carbons (Fsp3) is 0.467. The number of aryl methyl sites for hydroxylation is 1. The van der Waals surface area contributed by atoms with Crippen LogP contribution in [0.1, 0.15) is 36.6 Å². The van der Waals surface area contributed by atoms with Crippen molar-refractivity contribution in [3.63, 3.8) is 0 Å². The first-order valence-corrected chi connectivity index (χ1v) is 6.52. The molecule has 0 saturated carbocycles. The van der Waals surface area contributed by atoms with Crippen LogP contribution in [-0.2, 0) is 14.3 Å². The third-order valence-electron chi connectivity index (χ3n) is 3.06. The summed E-state index contributed by atoms with van der Waals surface area (Å²) < 4.78 is 5.17. The van der Waals surface area contributed by atoms with Crippen LogP contribution in [0.25, 0.3) is 0 Å². The molecule has 0 aliphatic carbocycles. The second-order valence-electron chi connectivity index (χ2n) is 4.99. The Bertz CT molecular complexity index is 497. The number of hydrogen-bond acceptors (Lipinski definition) is 3. The molecule has 1 atom stereocenters. The third kappa shape index (κ3) is 4.35. The van der Waals surface area contributed by atoms with Gasteiger partial charge in [-0.1, -0.05) is 18.2 Å². The lowest BCUT2D eigenvalue weighted by atomic mass is 9.97. The Kier molecular flexibility index (Phi) is 5.70. The van der Waals surface area contributed by atoms with Crippen LogP contribution >= 0.6 is 0 Å². The molecule has 1 amide bonds. The summed E-state index contributed by atoms with van der Waals surface area (Å²) in [4.78, 5) is 23.1. The molecule has 0 aliphatic heterocycles. The number of rotatable bonds is 6. The predicted octanol–water partition coefficient (Wildman–Crippen LogP) is 1.97. The van der Waals surface area contributed by atoms with E-state index in [9.17, 15) is 14.7 Å². The smallest absolute Gasteiger partial charge is 0.330 e. The van der Waals surface area contributed by atoms with E-state index in [0.29, 0.717) is 5.56 Å². The minimum Gasteiger partial charge on any atom is -0.479 e. The minimum atomic E-state index is -1.09. The molecule has 20 heavy (non-hydrogen) atoms. The first-order chi connectivity index (χ1) is 9.32. The van der Waals surface area contributed by atoms with Gasteiger partial charge < -0.3 is 15.2 Å². The maximum absolute atomic E-state index is 11.7. The van der Waals surface area contributed by atoms with Crippen LogP contribution in [0, 0.1) is 13.8 Å². The van der Waals surface area contributed by atoms with Crippen LogP contribution in [0.15, 0.2) is 18.2 Å². The van der Waals surface area contributed by atoms with Gasteiger partial charge >= 0.3 is 5.97 Å². The van der Waals surface area contributed by atoms with Gasteiger partial charge in [-0.2, -0.15) is 0 Å². The number of carbonyl (C=O) groups is 2. The van der Waals surface area contributed by atoms with Gasteiger partial charge in [-0.25, -0.2) is 4.79 Å².